The van der Waals surface area contributed by atoms with E-state index in [1.54, 1.807) is 19.1 Å². The van der Waals surface area contributed by atoms with Crippen molar-refractivity contribution in [2.24, 2.45) is 0 Å². The van der Waals surface area contributed by atoms with E-state index in [-0.39, 0.29) is 47.2 Å². The van der Waals surface area contributed by atoms with Gasteiger partial charge in [-0.2, -0.15) is 0 Å². The topological polar surface area (TPSA) is 70.5 Å². The van der Waals surface area contributed by atoms with Crippen LogP contribution in [-0.4, -0.2) is 35.6 Å². The van der Waals surface area contributed by atoms with Crippen LogP contribution >= 0.6 is 11.6 Å². The molecule has 0 unspecified atom stereocenters. The van der Waals surface area contributed by atoms with E-state index in [1.807, 2.05) is 0 Å². The molecule has 0 spiro atoms. The van der Waals surface area contributed by atoms with E-state index in [4.69, 9.17) is 25.8 Å². The van der Waals surface area contributed by atoms with Gasteiger partial charge >= 0.3 is 0 Å². The summed E-state index contributed by atoms with van der Waals surface area (Å²) in [6.07, 6.45) is 1.49. The average Bonchev–Trinajstić information content (AvgIpc) is 2.57. The molecule has 2 rings (SSSR count). The van der Waals surface area contributed by atoms with Gasteiger partial charge in [-0.1, -0.05) is 11.6 Å². The van der Waals surface area contributed by atoms with Gasteiger partial charge in [-0.05, 0) is 32.0 Å². The first-order valence-electron chi connectivity index (χ1n) is 7.19. The lowest BCUT2D eigenvalue weighted by Gasteiger charge is -2.11. The van der Waals surface area contributed by atoms with Crippen LogP contribution in [0.5, 0.6) is 17.5 Å². The van der Waals surface area contributed by atoms with Crippen molar-refractivity contribution >= 4 is 17.4 Å². The molecule has 0 atom stereocenters. The number of hydrogen-bond acceptors (Lipinski definition) is 6. The fourth-order valence-corrected chi connectivity index (χ4v) is 1.86. The highest BCUT2D eigenvalue weighted by molar-refractivity contribution is 6.31. The van der Waals surface area contributed by atoms with E-state index in [9.17, 15) is 9.18 Å². The summed E-state index contributed by atoms with van der Waals surface area (Å²) < 4.78 is 29.3. The van der Waals surface area contributed by atoms with Crippen LogP contribution in [0.2, 0.25) is 5.02 Å². The van der Waals surface area contributed by atoms with Crippen molar-refractivity contribution in [2.45, 2.75) is 13.8 Å². The van der Waals surface area contributed by atoms with E-state index in [0.717, 1.165) is 6.07 Å². The largest absolute Gasteiger partial charge is 0.467 e. The maximum atomic E-state index is 13.4. The van der Waals surface area contributed by atoms with Gasteiger partial charge in [0.1, 0.15) is 17.4 Å². The molecule has 0 aliphatic heterocycles. The van der Waals surface area contributed by atoms with Crippen LogP contribution in [0.15, 0.2) is 24.4 Å². The van der Waals surface area contributed by atoms with Crippen molar-refractivity contribution in [3.05, 3.63) is 40.9 Å². The smallest absolute Gasteiger partial charge is 0.258 e. The van der Waals surface area contributed by atoms with Gasteiger partial charge in [0.05, 0.1) is 5.69 Å². The predicted molar refractivity (Wildman–Crippen MR) is 85.2 cm³/mol. The van der Waals surface area contributed by atoms with Crippen LogP contribution in [0, 0.1) is 12.7 Å². The first-order valence-corrected chi connectivity index (χ1v) is 7.56. The number of ketones is 1. The molecular weight excluding hydrogens is 339 g/mol. The van der Waals surface area contributed by atoms with E-state index in [1.165, 1.54) is 13.1 Å². The summed E-state index contributed by atoms with van der Waals surface area (Å²) in [5, 5.41) is 0.0142. The maximum Gasteiger partial charge on any atom is 0.258 e. The molecular formula is C16H16ClFN2O4. The zero-order valence-electron chi connectivity index (χ0n) is 13.2. The minimum absolute atomic E-state index is 0.0142. The predicted octanol–water partition coefficient (Wildman–Crippen LogP) is 3.35. The lowest BCUT2D eigenvalue weighted by molar-refractivity contribution is -0.125. The third-order valence-corrected chi connectivity index (χ3v) is 3.12. The standard InChI is InChI=1S/C16H16ClFN2O4/c1-3-22-8-11(21)9-23-16-14(5-4-6-19-16)24-15-12(17)7-13(18)10(2)20-15/h4-7H,3,8-9H2,1-2H3. The Morgan fingerprint density at radius 2 is 2.12 bits per heavy atom. The van der Waals surface area contributed by atoms with Crippen LogP contribution in [0.1, 0.15) is 12.6 Å². The Morgan fingerprint density at radius 3 is 2.88 bits per heavy atom. The minimum atomic E-state index is -0.531. The highest BCUT2D eigenvalue weighted by Crippen LogP contribution is 2.33. The van der Waals surface area contributed by atoms with Crippen LogP contribution in [0.25, 0.3) is 0 Å². The summed E-state index contributed by atoms with van der Waals surface area (Å²) in [5.74, 6) is -0.433. The summed E-state index contributed by atoms with van der Waals surface area (Å²) in [5.41, 5.74) is 0.146. The Balaban J connectivity index is 2.12. The Morgan fingerprint density at radius 1 is 1.33 bits per heavy atom. The summed E-state index contributed by atoms with van der Waals surface area (Å²) in [7, 11) is 0. The fraction of sp³-hybridized carbons (Fsp3) is 0.312. The number of nitrogens with zero attached hydrogens (tertiary/aromatic N) is 2. The molecule has 0 saturated heterocycles. The first-order chi connectivity index (χ1) is 11.5. The quantitative estimate of drug-likeness (QED) is 0.724. The van der Waals surface area contributed by atoms with Gasteiger partial charge in [0.25, 0.3) is 5.88 Å². The van der Waals surface area contributed by atoms with Gasteiger partial charge in [0.15, 0.2) is 18.1 Å². The van der Waals surface area contributed by atoms with Crippen molar-refractivity contribution in [3.63, 3.8) is 0 Å². The molecule has 0 amide bonds. The van der Waals surface area contributed by atoms with Gasteiger partial charge in [0, 0.05) is 12.8 Å². The van der Waals surface area contributed by atoms with E-state index in [2.05, 4.69) is 9.97 Å². The van der Waals surface area contributed by atoms with Crippen molar-refractivity contribution < 1.29 is 23.4 Å². The van der Waals surface area contributed by atoms with E-state index >= 15 is 0 Å². The van der Waals surface area contributed by atoms with Crippen LogP contribution in [0.4, 0.5) is 4.39 Å². The summed E-state index contributed by atoms with van der Waals surface area (Å²) in [6, 6.07) is 4.31. The lowest BCUT2D eigenvalue weighted by Crippen LogP contribution is -2.17. The van der Waals surface area contributed by atoms with Crippen molar-refractivity contribution in [2.75, 3.05) is 19.8 Å². The molecule has 0 bridgehead atoms. The van der Waals surface area contributed by atoms with Crippen molar-refractivity contribution in [3.8, 4) is 17.5 Å². The molecule has 0 N–H and O–H groups in total. The molecule has 128 valence electrons. The van der Waals surface area contributed by atoms with Crippen molar-refractivity contribution in [1.82, 2.24) is 9.97 Å². The molecule has 0 aliphatic carbocycles. The number of halogens is 2. The third-order valence-electron chi connectivity index (χ3n) is 2.85. The minimum Gasteiger partial charge on any atom is -0.467 e. The second kappa shape index (κ2) is 8.56. The summed E-state index contributed by atoms with van der Waals surface area (Å²) >= 11 is 5.93. The Labute approximate surface area is 143 Å². The monoisotopic (exact) mass is 354 g/mol. The first kappa shape index (κ1) is 18.1. The molecule has 2 aromatic heterocycles. The van der Waals surface area contributed by atoms with Crippen LogP contribution in [-0.2, 0) is 9.53 Å². The zero-order valence-corrected chi connectivity index (χ0v) is 14.0. The lowest BCUT2D eigenvalue weighted by atomic mass is 10.3. The molecule has 0 fully saturated rings. The van der Waals surface area contributed by atoms with Gasteiger partial charge in [-0.15, -0.1) is 0 Å². The van der Waals surface area contributed by atoms with Crippen LogP contribution in [0.3, 0.4) is 0 Å². The highest BCUT2D eigenvalue weighted by atomic mass is 35.5. The van der Waals surface area contributed by atoms with Crippen LogP contribution < -0.4 is 9.47 Å². The molecule has 2 heterocycles. The average molecular weight is 355 g/mol. The zero-order chi connectivity index (χ0) is 17.5. The Hall–Kier alpha value is -2.25. The van der Waals surface area contributed by atoms with Crippen molar-refractivity contribution in [1.29, 1.82) is 0 Å². The second-order valence-corrected chi connectivity index (χ2v) is 5.12. The number of ether oxygens (including phenoxy) is 3. The molecule has 0 saturated carbocycles. The molecule has 8 heteroatoms. The second-order valence-electron chi connectivity index (χ2n) is 4.72. The fourth-order valence-electron chi connectivity index (χ4n) is 1.68. The van der Waals surface area contributed by atoms with E-state index in [0.29, 0.717) is 6.61 Å². The van der Waals surface area contributed by atoms with Gasteiger partial charge in [-0.25, -0.2) is 14.4 Å². The molecule has 2 aromatic rings. The number of hydrogen-bond donors (Lipinski definition) is 0. The normalized spacial score (nSPS) is 10.5. The molecule has 0 aromatic carbocycles. The molecule has 0 radical (unpaired) electrons. The number of aryl methyl sites for hydroxylation is 1. The summed E-state index contributed by atoms with van der Waals surface area (Å²) in [4.78, 5) is 19.5. The SMILES string of the molecule is CCOCC(=O)COc1ncccc1Oc1nc(C)c(F)cc1Cl. The Kier molecular flexibility index (Phi) is 6.45. The van der Waals surface area contributed by atoms with Gasteiger partial charge in [0.2, 0.25) is 5.88 Å². The summed E-state index contributed by atoms with van der Waals surface area (Å²) in [6.45, 7) is 3.48. The third kappa shape index (κ3) is 4.87. The number of carbonyl (C=O) groups excluding carboxylic acids is 1. The number of pyridine rings is 2. The number of carbonyl (C=O) groups is 1. The number of rotatable bonds is 8. The number of Topliss-reactive ketones (excluding diaryl/α,β-unsaturated/α-hetero) is 1. The highest BCUT2D eigenvalue weighted by Gasteiger charge is 2.14. The van der Waals surface area contributed by atoms with Gasteiger partial charge in [-0.3, -0.25) is 4.79 Å². The number of aromatic nitrogens is 2. The molecule has 0 aliphatic rings. The molecule has 6 nitrogen and oxygen atoms in total. The van der Waals surface area contributed by atoms with Gasteiger partial charge < -0.3 is 14.2 Å². The van der Waals surface area contributed by atoms with E-state index < -0.39 is 5.82 Å². The maximum absolute atomic E-state index is 13.4. The Bertz CT molecular complexity index is 727. The molecule has 24 heavy (non-hydrogen) atoms.